The second-order valence-electron chi connectivity index (χ2n) is 10.4. The minimum absolute atomic E-state index is 0.278. The molecule has 0 aromatic heterocycles. The Morgan fingerprint density at radius 3 is 1.94 bits per heavy atom. The molecule has 5 nitrogen and oxygen atoms in total. The molecule has 0 aliphatic heterocycles. The number of ether oxygens (including phenoxy) is 3. The van der Waals surface area contributed by atoms with Crippen molar-refractivity contribution in [2.45, 2.75) is 44.8 Å². The molecule has 4 saturated carbocycles. The predicted molar refractivity (Wildman–Crippen MR) is 122 cm³/mol. The lowest BCUT2D eigenvalue weighted by Gasteiger charge is -2.42. The SMILES string of the molecule is COc1cccc(C(=O)OC2C3CC(C2OC(=O)c2cccc(C)c2)C2C4CCC(C4)C32)c1. The van der Waals surface area contributed by atoms with Crippen molar-refractivity contribution in [2.75, 3.05) is 7.11 Å². The van der Waals surface area contributed by atoms with Crippen LogP contribution in [0.4, 0.5) is 0 Å². The predicted octanol–water partition coefficient (Wildman–Crippen LogP) is 5.07. The number of carbonyl (C=O) groups is 2. The molecule has 0 heterocycles. The first-order valence-electron chi connectivity index (χ1n) is 12.2. The molecule has 0 N–H and O–H groups in total. The molecule has 8 unspecified atom stereocenters. The molecule has 2 aromatic carbocycles. The first kappa shape index (κ1) is 20.8. The molecule has 4 aliphatic rings. The normalized spacial score (nSPS) is 35.3. The van der Waals surface area contributed by atoms with Gasteiger partial charge in [0, 0.05) is 11.8 Å². The Bertz CT molecular complexity index is 1090. The third-order valence-corrected chi connectivity index (χ3v) is 8.79. The Balaban J connectivity index is 1.28. The third-order valence-electron chi connectivity index (χ3n) is 8.79. The first-order chi connectivity index (χ1) is 16.0. The number of hydrogen-bond donors (Lipinski definition) is 0. The standard InChI is InChI=1S/C28H30O5/c1-15-5-3-6-18(11-15)27(29)32-25-21-14-22(24-17-10-9-16(12-17)23(21)24)26(25)33-28(30)19-7-4-8-20(13-19)31-2/h3-8,11,13,16-17,21-26H,9-10,12,14H2,1-2H3. The highest BCUT2D eigenvalue weighted by Crippen LogP contribution is 2.68. The quantitative estimate of drug-likeness (QED) is 0.474. The van der Waals surface area contributed by atoms with Crippen molar-refractivity contribution in [1.29, 1.82) is 0 Å². The zero-order valence-electron chi connectivity index (χ0n) is 19.1. The lowest BCUT2D eigenvalue weighted by atomic mass is 9.69. The van der Waals surface area contributed by atoms with E-state index in [0.29, 0.717) is 28.7 Å². The van der Waals surface area contributed by atoms with E-state index in [2.05, 4.69) is 0 Å². The molecule has 8 atom stereocenters. The molecule has 0 saturated heterocycles. The first-order valence-corrected chi connectivity index (χ1v) is 12.2. The molecule has 0 amide bonds. The Hall–Kier alpha value is -2.82. The van der Waals surface area contributed by atoms with Gasteiger partial charge < -0.3 is 14.2 Å². The molecular formula is C28H30O5. The summed E-state index contributed by atoms with van der Waals surface area (Å²) < 4.78 is 17.6. The number of methoxy groups -OCH3 is 1. The van der Waals surface area contributed by atoms with Gasteiger partial charge in [0.25, 0.3) is 0 Å². The van der Waals surface area contributed by atoms with Gasteiger partial charge in [0.1, 0.15) is 18.0 Å². The van der Waals surface area contributed by atoms with Crippen molar-refractivity contribution in [1.82, 2.24) is 0 Å². The minimum atomic E-state index is -0.386. The summed E-state index contributed by atoms with van der Waals surface area (Å²) >= 11 is 0. The van der Waals surface area contributed by atoms with Crippen LogP contribution in [0.3, 0.4) is 0 Å². The van der Waals surface area contributed by atoms with Crippen molar-refractivity contribution < 1.29 is 23.8 Å². The maximum atomic E-state index is 13.1. The summed E-state index contributed by atoms with van der Waals surface area (Å²) in [5, 5.41) is 0. The number of benzene rings is 2. The van der Waals surface area contributed by atoms with Crippen LogP contribution in [0.5, 0.6) is 5.75 Å². The van der Waals surface area contributed by atoms with E-state index in [1.165, 1.54) is 19.3 Å². The summed E-state index contributed by atoms with van der Waals surface area (Å²) in [5.41, 5.74) is 2.04. The smallest absolute Gasteiger partial charge is 0.338 e. The van der Waals surface area contributed by atoms with Crippen LogP contribution in [-0.2, 0) is 9.47 Å². The molecule has 4 bridgehead atoms. The molecule has 4 fully saturated rings. The average Bonchev–Trinajstić information content (AvgIpc) is 3.60. The van der Waals surface area contributed by atoms with Crippen LogP contribution in [-0.4, -0.2) is 31.3 Å². The number of hydrogen-bond acceptors (Lipinski definition) is 5. The number of aryl methyl sites for hydroxylation is 1. The van der Waals surface area contributed by atoms with Crippen molar-refractivity contribution in [3.63, 3.8) is 0 Å². The van der Waals surface area contributed by atoms with Crippen molar-refractivity contribution >= 4 is 11.9 Å². The molecule has 33 heavy (non-hydrogen) atoms. The summed E-state index contributed by atoms with van der Waals surface area (Å²) in [4.78, 5) is 26.2. The number of rotatable bonds is 5. The van der Waals surface area contributed by atoms with Crippen molar-refractivity contribution in [2.24, 2.45) is 35.5 Å². The van der Waals surface area contributed by atoms with Crippen LogP contribution in [0.15, 0.2) is 48.5 Å². The lowest BCUT2D eigenvalue weighted by molar-refractivity contribution is -0.0891. The highest BCUT2D eigenvalue weighted by molar-refractivity contribution is 5.91. The van der Waals surface area contributed by atoms with Gasteiger partial charge in [-0.2, -0.15) is 0 Å². The van der Waals surface area contributed by atoms with Gasteiger partial charge >= 0.3 is 11.9 Å². The Labute approximate surface area is 194 Å². The highest BCUT2D eigenvalue weighted by atomic mass is 16.6. The Kier molecular flexibility index (Phi) is 4.97. The van der Waals surface area contributed by atoms with Crippen LogP contribution < -0.4 is 4.74 Å². The largest absolute Gasteiger partial charge is 0.497 e. The van der Waals surface area contributed by atoms with Crippen LogP contribution >= 0.6 is 0 Å². The minimum Gasteiger partial charge on any atom is -0.497 e. The van der Waals surface area contributed by atoms with Gasteiger partial charge in [0.05, 0.1) is 18.2 Å². The van der Waals surface area contributed by atoms with Gasteiger partial charge in [0.15, 0.2) is 0 Å². The fourth-order valence-electron chi connectivity index (χ4n) is 7.69. The zero-order valence-corrected chi connectivity index (χ0v) is 19.1. The van der Waals surface area contributed by atoms with Crippen LogP contribution in [0, 0.1) is 42.4 Å². The fraction of sp³-hybridized carbons (Fsp3) is 0.500. The van der Waals surface area contributed by atoms with E-state index < -0.39 is 0 Å². The lowest BCUT2D eigenvalue weighted by Crippen LogP contribution is -2.48. The molecule has 0 radical (unpaired) electrons. The van der Waals surface area contributed by atoms with E-state index >= 15 is 0 Å². The summed E-state index contributed by atoms with van der Waals surface area (Å²) in [6, 6.07) is 14.5. The maximum Gasteiger partial charge on any atom is 0.338 e. The van der Waals surface area contributed by atoms with Gasteiger partial charge in [-0.1, -0.05) is 23.8 Å². The maximum absolute atomic E-state index is 13.1. The van der Waals surface area contributed by atoms with E-state index in [-0.39, 0.29) is 36.0 Å². The fourth-order valence-corrected chi connectivity index (χ4v) is 7.69. The van der Waals surface area contributed by atoms with Gasteiger partial charge in [-0.25, -0.2) is 9.59 Å². The van der Waals surface area contributed by atoms with E-state index in [1.807, 2.05) is 25.1 Å². The average molecular weight is 447 g/mol. The molecule has 172 valence electrons. The monoisotopic (exact) mass is 446 g/mol. The van der Waals surface area contributed by atoms with Gasteiger partial charge in [0.2, 0.25) is 0 Å². The highest BCUT2D eigenvalue weighted by Gasteiger charge is 2.68. The van der Waals surface area contributed by atoms with Crippen LogP contribution in [0.25, 0.3) is 0 Å². The Morgan fingerprint density at radius 1 is 0.788 bits per heavy atom. The van der Waals surface area contributed by atoms with Crippen molar-refractivity contribution in [3.05, 3.63) is 65.2 Å². The van der Waals surface area contributed by atoms with Gasteiger partial charge in [-0.3, -0.25) is 0 Å². The van der Waals surface area contributed by atoms with E-state index in [9.17, 15) is 9.59 Å². The number of fused-ring (bicyclic) bond motifs is 9. The van der Waals surface area contributed by atoms with Gasteiger partial charge in [-0.15, -0.1) is 0 Å². The van der Waals surface area contributed by atoms with Crippen molar-refractivity contribution in [3.8, 4) is 5.75 Å². The molecule has 0 spiro atoms. The summed E-state index contributed by atoms with van der Waals surface area (Å²) in [6.45, 7) is 1.97. The van der Waals surface area contributed by atoms with Crippen LogP contribution in [0.2, 0.25) is 0 Å². The molecule has 2 aromatic rings. The van der Waals surface area contributed by atoms with Gasteiger partial charge in [-0.05, 0) is 86.6 Å². The summed E-state index contributed by atoms with van der Waals surface area (Å²) in [7, 11) is 1.58. The molecule has 5 heteroatoms. The number of esters is 2. The summed E-state index contributed by atoms with van der Waals surface area (Å²) in [6.07, 6.45) is 4.10. The summed E-state index contributed by atoms with van der Waals surface area (Å²) in [5.74, 6) is 3.18. The second kappa shape index (κ2) is 7.89. The molecule has 6 rings (SSSR count). The second-order valence-corrected chi connectivity index (χ2v) is 10.4. The van der Waals surface area contributed by atoms with E-state index in [0.717, 1.165) is 23.8 Å². The van der Waals surface area contributed by atoms with Crippen LogP contribution in [0.1, 0.15) is 52.0 Å². The number of carbonyl (C=O) groups excluding carboxylic acids is 2. The molecular weight excluding hydrogens is 416 g/mol. The topological polar surface area (TPSA) is 61.8 Å². The Morgan fingerprint density at radius 2 is 1.36 bits per heavy atom. The molecule has 4 aliphatic carbocycles. The zero-order chi connectivity index (χ0) is 22.7. The third kappa shape index (κ3) is 3.35. The van der Waals surface area contributed by atoms with E-state index in [4.69, 9.17) is 14.2 Å². The van der Waals surface area contributed by atoms with E-state index in [1.54, 1.807) is 37.4 Å².